The maximum Gasteiger partial charge on any atom is 0.225 e. The Labute approximate surface area is 150 Å². The molecule has 0 spiro atoms. The van der Waals surface area contributed by atoms with Gasteiger partial charge in [0.1, 0.15) is 23.9 Å². The number of piperidine rings is 1. The summed E-state index contributed by atoms with van der Waals surface area (Å²) in [6.07, 6.45) is 7.87. The molecule has 26 heavy (non-hydrogen) atoms. The Bertz CT molecular complexity index is 973. The molecule has 5 rings (SSSR count). The van der Waals surface area contributed by atoms with Gasteiger partial charge in [0.15, 0.2) is 0 Å². The van der Waals surface area contributed by atoms with E-state index in [1.807, 2.05) is 12.3 Å². The highest BCUT2D eigenvalue weighted by Gasteiger charge is 2.38. The molecule has 2 atom stereocenters. The number of nitriles is 1. The van der Waals surface area contributed by atoms with Gasteiger partial charge in [0, 0.05) is 32.4 Å². The number of anilines is 2. The summed E-state index contributed by atoms with van der Waals surface area (Å²) in [7, 11) is 0. The molecule has 8 heteroatoms. The number of hydrogen-bond donors (Lipinski definition) is 1. The van der Waals surface area contributed by atoms with Gasteiger partial charge in [0.2, 0.25) is 5.95 Å². The third kappa shape index (κ3) is 2.44. The average molecular weight is 346 g/mol. The fourth-order valence-electron chi connectivity index (χ4n) is 4.18. The first-order valence-corrected chi connectivity index (χ1v) is 8.82. The Hall–Kier alpha value is -3.21. The second-order valence-electron chi connectivity index (χ2n) is 6.98. The molecule has 2 saturated heterocycles. The van der Waals surface area contributed by atoms with Gasteiger partial charge >= 0.3 is 0 Å². The molecular formula is C18H18N8. The molecule has 130 valence electrons. The van der Waals surface area contributed by atoms with Gasteiger partial charge in [-0.15, -0.1) is 0 Å². The van der Waals surface area contributed by atoms with E-state index >= 15 is 0 Å². The quantitative estimate of drug-likeness (QED) is 0.752. The minimum atomic E-state index is 0.496. The molecule has 0 saturated carbocycles. The smallest absolute Gasteiger partial charge is 0.225 e. The molecule has 3 aromatic rings. The summed E-state index contributed by atoms with van der Waals surface area (Å²) >= 11 is 0. The van der Waals surface area contributed by atoms with Crippen molar-refractivity contribution in [1.29, 1.82) is 5.26 Å². The summed E-state index contributed by atoms with van der Waals surface area (Å²) in [5, 5.41) is 9.98. The topological polar surface area (TPSA) is 97.6 Å². The molecule has 0 aliphatic carbocycles. The molecule has 3 aromatic heterocycles. The Morgan fingerprint density at radius 2 is 1.85 bits per heavy atom. The lowest BCUT2D eigenvalue weighted by molar-refractivity contribution is 0.348. The lowest BCUT2D eigenvalue weighted by atomic mass is 9.88. The van der Waals surface area contributed by atoms with Crippen LogP contribution in [-0.4, -0.2) is 51.1 Å². The van der Waals surface area contributed by atoms with E-state index in [1.54, 1.807) is 18.7 Å². The van der Waals surface area contributed by atoms with E-state index in [0.29, 0.717) is 17.4 Å². The van der Waals surface area contributed by atoms with Gasteiger partial charge in [-0.1, -0.05) is 0 Å². The van der Waals surface area contributed by atoms with Crippen molar-refractivity contribution in [1.82, 2.24) is 24.9 Å². The standard InChI is InChI=1S/C18H18N8/c19-5-12-6-21-18(22-7-12)26-8-13-2-4-25(9-14(13)10-26)17-15-1-3-20-16(15)23-11-24-17/h1,3,6-7,11,13-14H,2,4,8-10H2,(H,20,23,24). The van der Waals surface area contributed by atoms with E-state index in [1.165, 1.54) is 0 Å². The Kier molecular flexibility index (Phi) is 3.45. The molecule has 2 fully saturated rings. The lowest BCUT2D eigenvalue weighted by Crippen LogP contribution is -2.40. The lowest BCUT2D eigenvalue weighted by Gasteiger charge is -2.35. The fraction of sp³-hybridized carbons (Fsp3) is 0.389. The summed E-state index contributed by atoms with van der Waals surface area (Å²) in [4.78, 5) is 25.3. The minimum absolute atomic E-state index is 0.496. The van der Waals surface area contributed by atoms with Crippen LogP contribution in [0.25, 0.3) is 11.0 Å². The van der Waals surface area contributed by atoms with Crippen LogP contribution < -0.4 is 9.80 Å². The van der Waals surface area contributed by atoms with Crippen LogP contribution in [0.15, 0.2) is 31.0 Å². The van der Waals surface area contributed by atoms with E-state index in [0.717, 1.165) is 55.4 Å². The zero-order valence-corrected chi connectivity index (χ0v) is 14.2. The van der Waals surface area contributed by atoms with E-state index in [4.69, 9.17) is 5.26 Å². The number of nitrogens with zero attached hydrogens (tertiary/aromatic N) is 7. The highest BCUT2D eigenvalue weighted by Crippen LogP contribution is 2.35. The van der Waals surface area contributed by atoms with Crippen LogP contribution in [0, 0.1) is 23.2 Å². The number of aromatic nitrogens is 5. The van der Waals surface area contributed by atoms with Crippen molar-refractivity contribution in [3.63, 3.8) is 0 Å². The van der Waals surface area contributed by atoms with Crippen molar-refractivity contribution >= 4 is 22.8 Å². The number of fused-ring (bicyclic) bond motifs is 2. The van der Waals surface area contributed by atoms with Crippen molar-refractivity contribution in [3.8, 4) is 6.07 Å². The van der Waals surface area contributed by atoms with Crippen LogP contribution >= 0.6 is 0 Å². The van der Waals surface area contributed by atoms with Gasteiger partial charge < -0.3 is 14.8 Å². The molecule has 2 aliphatic heterocycles. The average Bonchev–Trinajstić information content (AvgIpc) is 3.34. The SMILES string of the molecule is N#Cc1cnc(N2CC3CCN(c4ncnc5[nH]ccc45)CC3C2)nc1. The molecule has 5 heterocycles. The van der Waals surface area contributed by atoms with Crippen molar-refractivity contribution in [2.45, 2.75) is 6.42 Å². The largest absolute Gasteiger partial charge is 0.356 e. The molecule has 0 aromatic carbocycles. The Morgan fingerprint density at radius 1 is 1.04 bits per heavy atom. The first kappa shape index (κ1) is 15.1. The summed E-state index contributed by atoms with van der Waals surface area (Å²) in [5.41, 5.74) is 1.38. The second-order valence-corrected chi connectivity index (χ2v) is 6.98. The summed E-state index contributed by atoms with van der Waals surface area (Å²) in [6.45, 7) is 3.90. The molecule has 2 unspecified atom stereocenters. The number of aromatic amines is 1. The number of H-pyrrole nitrogens is 1. The second kappa shape index (κ2) is 5.95. The van der Waals surface area contributed by atoms with E-state index in [2.05, 4.69) is 40.8 Å². The van der Waals surface area contributed by atoms with Crippen LogP contribution in [0.1, 0.15) is 12.0 Å². The minimum Gasteiger partial charge on any atom is -0.356 e. The van der Waals surface area contributed by atoms with Gasteiger partial charge in [-0.05, 0) is 24.3 Å². The zero-order chi connectivity index (χ0) is 17.5. The van der Waals surface area contributed by atoms with E-state index in [-0.39, 0.29) is 0 Å². The highest BCUT2D eigenvalue weighted by atomic mass is 15.3. The van der Waals surface area contributed by atoms with Crippen LogP contribution in [-0.2, 0) is 0 Å². The Morgan fingerprint density at radius 3 is 2.69 bits per heavy atom. The molecule has 0 bridgehead atoms. The summed E-state index contributed by atoms with van der Waals surface area (Å²) in [5.74, 6) is 2.95. The van der Waals surface area contributed by atoms with Crippen molar-refractivity contribution in [2.75, 3.05) is 36.0 Å². The maximum atomic E-state index is 8.90. The van der Waals surface area contributed by atoms with Crippen LogP contribution in [0.2, 0.25) is 0 Å². The summed E-state index contributed by atoms with van der Waals surface area (Å²) < 4.78 is 0. The number of nitrogens with one attached hydrogen (secondary N) is 1. The first-order chi connectivity index (χ1) is 12.8. The monoisotopic (exact) mass is 346 g/mol. The molecular weight excluding hydrogens is 328 g/mol. The summed E-state index contributed by atoms with van der Waals surface area (Å²) in [6, 6.07) is 4.11. The number of rotatable bonds is 2. The fourth-order valence-corrected chi connectivity index (χ4v) is 4.18. The predicted molar refractivity (Wildman–Crippen MR) is 96.7 cm³/mol. The van der Waals surface area contributed by atoms with Crippen LogP contribution in [0.3, 0.4) is 0 Å². The Balaban J connectivity index is 1.35. The van der Waals surface area contributed by atoms with Gasteiger partial charge in [-0.25, -0.2) is 19.9 Å². The van der Waals surface area contributed by atoms with Gasteiger partial charge in [0.05, 0.1) is 23.3 Å². The molecule has 0 radical (unpaired) electrons. The van der Waals surface area contributed by atoms with Crippen molar-refractivity contribution < 1.29 is 0 Å². The van der Waals surface area contributed by atoms with Gasteiger partial charge in [-0.3, -0.25) is 0 Å². The molecule has 1 N–H and O–H groups in total. The first-order valence-electron chi connectivity index (χ1n) is 8.82. The third-order valence-electron chi connectivity index (χ3n) is 5.48. The predicted octanol–water partition coefficient (Wildman–Crippen LogP) is 1.58. The van der Waals surface area contributed by atoms with E-state index < -0.39 is 0 Å². The molecule has 0 amide bonds. The molecule has 2 aliphatic rings. The van der Waals surface area contributed by atoms with Crippen molar-refractivity contribution in [2.24, 2.45) is 11.8 Å². The third-order valence-corrected chi connectivity index (χ3v) is 5.48. The van der Waals surface area contributed by atoms with Gasteiger partial charge in [-0.2, -0.15) is 5.26 Å². The van der Waals surface area contributed by atoms with Crippen molar-refractivity contribution in [3.05, 3.63) is 36.5 Å². The van der Waals surface area contributed by atoms with E-state index in [9.17, 15) is 0 Å². The maximum absolute atomic E-state index is 8.90. The zero-order valence-electron chi connectivity index (χ0n) is 14.2. The van der Waals surface area contributed by atoms with Gasteiger partial charge in [0.25, 0.3) is 0 Å². The molecule has 8 nitrogen and oxygen atoms in total. The van der Waals surface area contributed by atoms with Crippen LogP contribution in [0.5, 0.6) is 0 Å². The van der Waals surface area contributed by atoms with Crippen LogP contribution in [0.4, 0.5) is 11.8 Å². The number of hydrogen-bond acceptors (Lipinski definition) is 7. The normalized spacial score (nSPS) is 22.4. The highest BCUT2D eigenvalue weighted by molar-refractivity contribution is 5.87.